The average molecular weight is 322 g/mol. The molecule has 0 aliphatic carbocycles. The van der Waals surface area contributed by atoms with Crippen LogP contribution in [0.1, 0.15) is 37.8 Å². The van der Waals surface area contributed by atoms with Gasteiger partial charge in [-0.15, -0.1) is 0 Å². The van der Waals surface area contributed by atoms with E-state index in [1.807, 2.05) is 36.4 Å². The second-order valence-corrected chi connectivity index (χ2v) is 5.97. The maximum Gasteiger partial charge on any atom is 0.265 e. The normalized spacial score (nSPS) is 11.6. The van der Waals surface area contributed by atoms with Crippen molar-refractivity contribution in [1.29, 1.82) is 5.26 Å². The van der Waals surface area contributed by atoms with Crippen LogP contribution in [0, 0.1) is 11.3 Å². The standard InChI is InChI=1S/C20H22N2O2/c1-14(2)18-6-4-5-7-19(18)24-15(3)20(23)22-17-10-8-16(9-11-17)12-13-21/h4-11,14-15H,12H2,1-3H3,(H,22,23)/t15-/m0/s1. The van der Waals surface area contributed by atoms with Gasteiger partial charge < -0.3 is 10.1 Å². The van der Waals surface area contributed by atoms with Crippen LogP contribution in [0.2, 0.25) is 0 Å². The molecule has 0 fully saturated rings. The minimum absolute atomic E-state index is 0.207. The van der Waals surface area contributed by atoms with Gasteiger partial charge in [0, 0.05) is 5.69 Å². The van der Waals surface area contributed by atoms with Crippen molar-refractivity contribution in [3.63, 3.8) is 0 Å². The van der Waals surface area contributed by atoms with Crippen LogP contribution in [0.15, 0.2) is 48.5 Å². The van der Waals surface area contributed by atoms with E-state index in [4.69, 9.17) is 10.00 Å². The summed E-state index contributed by atoms with van der Waals surface area (Å²) in [6.45, 7) is 5.92. The van der Waals surface area contributed by atoms with Gasteiger partial charge in [0.25, 0.3) is 5.91 Å². The molecule has 0 radical (unpaired) electrons. The van der Waals surface area contributed by atoms with Crippen LogP contribution in [-0.2, 0) is 11.2 Å². The van der Waals surface area contributed by atoms with Crippen molar-refractivity contribution in [2.24, 2.45) is 0 Å². The number of para-hydroxylation sites is 1. The molecule has 1 atom stereocenters. The Balaban J connectivity index is 2.01. The number of amides is 1. The Morgan fingerprint density at radius 3 is 2.42 bits per heavy atom. The number of anilines is 1. The van der Waals surface area contributed by atoms with Gasteiger partial charge in [-0.2, -0.15) is 5.26 Å². The number of nitrogens with zero attached hydrogens (tertiary/aromatic N) is 1. The second kappa shape index (κ2) is 8.16. The van der Waals surface area contributed by atoms with E-state index in [-0.39, 0.29) is 5.91 Å². The van der Waals surface area contributed by atoms with Gasteiger partial charge in [-0.1, -0.05) is 44.2 Å². The Hall–Kier alpha value is -2.80. The predicted molar refractivity (Wildman–Crippen MR) is 95.0 cm³/mol. The number of hydrogen-bond acceptors (Lipinski definition) is 3. The van der Waals surface area contributed by atoms with E-state index >= 15 is 0 Å². The molecule has 0 bridgehead atoms. The lowest BCUT2D eigenvalue weighted by Crippen LogP contribution is -2.30. The predicted octanol–water partition coefficient (Wildman–Crippen LogP) is 4.28. The molecule has 1 N–H and O–H groups in total. The second-order valence-electron chi connectivity index (χ2n) is 5.97. The molecule has 2 aromatic rings. The molecule has 2 rings (SSSR count). The van der Waals surface area contributed by atoms with Gasteiger partial charge in [-0.25, -0.2) is 0 Å². The van der Waals surface area contributed by atoms with Crippen molar-refractivity contribution >= 4 is 11.6 Å². The zero-order valence-corrected chi connectivity index (χ0v) is 14.2. The number of ether oxygens (including phenoxy) is 1. The van der Waals surface area contributed by atoms with Crippen molar-refractivity contribution in [2.45, 2.75) is 39.2 Å². The number of benzene rings is 2. The third-order valence-corrected chi connectivity index (χ3v) is 3.72. The zero-order valence-electron chi connectivity index (χ0n) is 14.2. The number of hydrogen-bond donors (Lipinski definition) is 1. The lowest BCUT2D eigenvalue weighted by atomic mass is 10.0. The first-order chi connectivity index (χ1) is 11.5. The Morgan fingerprint density at radius 1 is 1.12 bits per heavy atom. The SMILES string of the molecule is CC(C)c1ccccc1O[C@@H](C)C(=O)Nc1ccc(CC#N)cc1. The summed E-state index contributed by atoms with van der Waals surface area (Å²) in [6, 6.07) is 17.1. The van der Waals surface area contributed by atoms with Crippen LogP contribution >= 0.6 is 0 Å². The molecule has 0 aromatic heterocycles. The molecule has 0 saturated carbocycles. The highest BCUT2D eigenvalue weighted by molar-refractivity contribution is 5.94. The van der Waals surface area contributed by atoms with Crippen LogP contribution in [0.3, 0.4) is 0 Å². The minimum atomic E-state index is -0.608. The highest BCUT2D eigenvalue weighted by Gasteiger charge is 2.17. The Labute approximate surface area is 143 Å². The molecule has 4 heteroatoms. The first-order valence-corrected chi connectivity index (χ1v) is 8.03. The number of carbonyl (C=O) groups is 1. The number of nitrogens with one attached hydrogen (secondary N) is 1. The molecule has 0 unspecified atom stereocenters. The van der Waals surface area contributed by atoms with E-state index in [0.717, 1.165) is 16.9 Å². The van der Waals surface area contributed by atoms with Crippen molar-refractivity contribution in [3.8, 4) is 11.8 Å². The topological polar surface area (TPSA) is 62.1 Å². The molecular weight excluding hydrogens is 300 g/mol. The van der Waals surface area contributed by atoms with Crippen LogP contribution in [0.5, 0.6) is 5.75 Å². The van der Waals surface area contributed by atoms with E-state index in [1.165, 1.54) is 0 Å². The summed E-state index contributed by atoms with van der Waals surface area (Å²) in [5, 5.41) is 11.5. The van der Waals surface area contributed by atoms with Gasteiger partial charge in [0.05, 0.1) is 12.5 Å². The third-order valence-electron chi connectivity index (χ3n) is 3.72. The largest absolute Gasteiger partial charge is 0.481 e. The first kappa shape index (κ1) is 17.6. The number of nitriles is 1. The fraction of sp³-hybridized carbons (Fsp3) is 0.300. The Kier molecular flexibility index (Phi) is 5.97. The lowest BCUT2D eigenvalue weighted by molar-refractivity contribution is -0.122. The summed E-state index contributed by atoms with van der Waals surface area (Å²) in [5.74, 6) is 0.852. The van der Waals surface area contributed by atoms with Gasteiger partial charge in [0.15, 0.2) is 6.10 Å². The van der Waals surface area contributed by atoms with E-state index < -0.39 is 6.10 Å². The molecule has 0 spiro atoms. The van der Waals surface area contributed by atoms with E-state index in [2.05, 4.69) is 25.2 Å². The molecule has 0 saturated heterocycles. The summed E-state index contributed by atoms with van der Waals surface area (Å²) in [4.78, 5) is 12.3. The van der Waals surface area contributed by atoms with Gasteiger partial charge in [-0.05, 0) is 42.2 Å². The summed E-state index contributed by atoms with van der Waals surface area (Å²) >= 11 is 0. The molecule has 24 heavy (non-hydrogen) atoms. The first-order valence-electron chi connectivity index (χ1n) is 8.03. The highest BCUT2D eigenvalue weighted by atomic mass is 16.5. The van der Waals surface area contributed by atoms with E-state index in [1.54, 1.807) is 19.1 Å². The number of rotatable bonds is 6. The van der Waals surface area contributed by atoms with Gasteiger partial charge >= 0.3 is 0 Å². The zero-order chi connectivity index (χ0) is 17.5. The smallest absolute Gasteiger partial charge is 0.265 e. The summed E-state index contributed by atoms with van der Waals surface area (Å²) < 4.78 is 5.85. The molecule has 0 aliphatic heterocycles. The minimum Gasteiger partial charge on any atom is -0.481 e. The third kappa shape index (κ3) is 4.60. The summed E-state index contributed by atoms with van der Waals surface area (Å²) in [7, 11) is 0. The van der Waals surface area contributed by atoms with Crippen molar-refractivity contribution in [2.75, 3.05) is 5.32 Å². The molecule has 0 aliphatic rings. The van der Waals surface area contributed by atoms with Crippen LogP contribution in [0.4, 0.5) is 5.69 Å². The molecule has 4 nitrogen and oxygen atoms in total. The van der Waals surface area contributed by atoms with E-state index in [9.17, 15) is 4.79 Å². The molecule has 124 valence electrons. The number of carbonyl (C=O) groups excluding carboxylic acids is 1. The Morgan fingerprint density at radius 2 is 1.79 bits per heavy atom. The molecule has 2 aromatic carbocycles. The molecular formula is C20H22N2O2. The maximum atomic E-state index is 12.3. The van der Waals surface area contributed by atoms with Gasteiger partial charge in [0.1, 0.15) is 5.75 Å². The summed E-state index contributed by atoms with van der Waals surface area (Å²) in [6.07, 6.45) is -0.247. The van der Waals surface area contributed by atoms with Crippen molar-refractivity contribution in [1.82, 2.24) is 0 Å². The summed E-state index contributed by atoms with van der Waals surface area (Å²) in [5.41, 5.74) is 2.69. The maximum absolute atomic E-state index is 12.3. The molecule has 0 heterocycles. The Bertz CT molecular complexity index is 730. The van der Waals surface area contributed by atoms with Crippen LogP contribution in [0.25, 0.3) is 0 Å². The highest BCUT2D eigenvalue weighted by Crippen LogP contribution is 2.26. The van der Waals surface area contributed by atoms with Crippen LogP contribution in [-0.4, -0.2) is 12.0 Å². The monoisotopic (exact) mass is 322 g/mol. The van der Waals surface area contributed by atoms with Crippen LogP contribution < -0.4 is 10.1 Å². The van der Waals surface area contributed by atoms with E-state index in [0.29, 0.717) is 18.0 Å². The fourth-order valence-corrected chi connectivity index (χ4v) is 2.35. The lowest BCUT2D eigenvalue weighted by Gasteiger charge is -2.18. The average Bonchev–Trinajstić information content (AvgIpc) is 2.57. The van der Waals surface area contributed by atoms with Gasteiger partial charge in [-0.3, -0.25) is 4.79 Å². The fourth-order valence-electron chi connectivity index (χ4n) is 2.35. The molecule has 1 amide bonds. The van der Waals surface area contributed by atoms with Crippen molar-refractivity contribution in [3.05, 3.63) is 59.7 Å². The van der Waals surface area contributed by atoms with Crippen molar-refractivity contribution < 1.29 is 9.53 Å². The quantitative estimate of drug-likeness (QED) is 0.863. The van der Waals surface area contributed by atoms with Gasteiger partial charge in [0.2, 0.25) is 0 Å².